The number of Topliss-reactive ketones (excluding diaryl/α,β-unsaturated/α-hetero) is 2. The lowest BCUT2D eigenvalue weighted by molar-refractivity contribution is -0.148. The molecule has 1 aromatic carbocycles. The van der Waals surface area contributed by atoms with Crippen molar-refractivity contribution in [1.82, 2.24) is 4.90 Å². The van der Waals surface area contributed by atoms with Crippen LogP contribution in [-0.2, 0) is 20.8 Å². The van der Waals surface area contributed by atoms with E-state index in [1.165, 1.54) is 23.9 Å². The highest BCUT2D eigenvalue weighted by molar-refractivity contribution is 6.25. The summed E-state index contributed by atoms with van der Waals surface area (Å²) in [5, 5.41) is 44.8. The average molecular weight is 530 g/mol. The number of aromatic hydroxyl groups is 1. The van der Waals surface area contributed by atoms with E-state index in [1.54, 1.807) is 0 Å². The number of rotatable bonds is 3. The summed E-state index contributed by atoms with van der Waals surface area (Å²) in [5.41, 5.74) is 0.499. The van der Waals surface area contributed by atoms with Gasteiger partial charge in [0.05, 0.1) is 17.3 Å². The van der Waals surface area contributed by atoms with Gasteiger partial charge in [0.25, 0.3) is 5.91 Å². The number of piperidine rings is 1. The first-order valence-electron chi connectivity index (χ1n) is 12.3. The summed E-state index contributed by atoms with van der Waals surface area (Å²) in [7, 11) is 3.04. The number of aliphatic hydroxyl groups is 3. The number of anilines is 1. The Morgan fingerprint density at radius 3 is 2.47 bits per heavy atom. The van der Waals surface area contributed by atoms with E-state index in [2.05, 4.69) is 0 Å². The monoisotopic (exact) mass is 529 g/mol. The third-order valence-corrected chi connectivity index (χ3v) is 8.26. The fourth-order valence-corrected chi connectivity index (χ4v) is 6.53. The van der Waals surface area contributed by atoms with E-state index in [1.807, 2.05) is 0 Å². The number of ketones is 2. The van der Waals surface area contributed by atoms with Crippen LogP contribution in [0.3, 0.4) is 0 Å². The minimum Gasteiger partial charge on any atom is -0.510 e. The Balaban J connectivity index is 1.69. The lowest BCUT2D eigenvalue weighted by Gasteiger charge is -2.50. The van der Waals surface area contributed by atoms with Crippen LogP contribution in [0.2, 0.25) is 0 Å². The lowest BCUT2D eigenvalue weighted by Crippen LogP contribution is -2.63. The van der Waals surface area contributed by atoms with Crippen LogP contribution in [0, 0.1) is 17.7 Å². The predicted molar refractivity (Wildman–Crippen MR) is 130 cm³/mol. The number of phenolic OH excluding ortho intramolecular Hbond substituents is 1. The van der Waals surface area contributed by atoms with E-state index < -0.39 is 80.7 Å². The molecule has 3 aliphatic carbocycles. The number of allylic oxidation sites excluding steroid dienone is 1. The predicted octanol–water partition coefficient (Wildman–Crippen LogP) is 0.777. The molecule has 6 N–H and O–H groups in total. The summed E-state index contributed by atoms with van der Waals surface area (Å²) in [4.78, 5) is 54.2. The average Bonchev–Trinajstić information content (AvgIpc) is 2.83. The Morgan fingerprint density at radius 2 is 1.87 bits per heavy atom. The molecule has 4 atom stereocenters. The molecule has 0 saturated carbocycles. The fourth-order valence-electron chi connectivity index (χ4n) is 6.53. The smallest absolute Gasteiger partial charge is 0.255 e. The summed E-state index contributed by atoms with van der Waals surface area (Å²) in [6, 6.07) is -0.120. The number of hydrogen-bond acceptors (Lipinski definition) is 9. The van der Waals surface area contributed by atoms with E-state index in [0.29, 0.717) is 12.8 Å². The number of hydrogen-bond donors (Lipinski definition) is 5. The quantitative estimate of drug-likeness (QED) is 0.353. The number of carbonyl (C=O) groups is 4. The summed E-state index contributed by atoms with van der Waals surface area (Å²) in [6.07, 6.45) is 1.16. The van der Waals surface area contributed by atoms with Gasteiger partial charge in [0.1, 0.15) is 22.9 Å². The van der Waals surface area contributed by atoms with Crippen molar-refractivity contribution in [3.8, 4) is 5.75 Å². The van der Waals surface area contributed by atoms with Crippen molar-refractivity contribution in [3.63, 3.8) is 0 Å². The van der Waals surface area contributed by atoms with Crippen molar-refractivity contribution >= 4 is 29.1 Å². The maximum Gasteiger partial charge on any atom is 0.255 e. The maximum absolute atomic E-state index is 15.4. The number of amides is 2. The molecule has 1 heterocycles. The summed E-state index contributed by atoms with van der Waals surface area (Å²) in [5.74, 6) is -9.25. The van der Waals surface area contributed by atoms with Crippen molar-refractivity contribution in [3.05, 3.63) is 45.7 Å². The first-order valence-corrected chi connectivity index (χ1v) is 12.3. The van der Waals surface area contributed by atoms with Crippen molar-refractivity contribution in [2.24, 2.45) is 17.6 Å². The zero-order chi connectivity index (χ0) is 27.8. The fraction of sp³-hybridized carbons (Fsp3) is 0.462. The molecule has 1 aliphatic heterocycles. The van der Waals surface area contributed by atoms with Gasteiger partial charge >= 0.3 is 0 Å². The molecule has 202 valence electrons. The SMILES string of the molecule is CN(C)[C@@H]1C(O)=C(C(N)=O)C(=O)[C@@]2(O)C(O)=C3C(=O)c4c(O)c(N5CCCCC5=O)cc(F)c4C[C@H]3C[C@@H]12. The standard InChI is InChI=1S/C26H28FN3O8/c1-29(2)19-12-8-10-7-11-13(27)9-14(30-6-4-3-5-15(30)31)20(32)17(11)21(33)16(10)23(35)26(12,38)24(36)18(22(19)34)25(28)37/h9-10,12,19,32,34-35,38H,3-8H2,1-2H3,(H2,28,37)/t10-,12-,19-,26-/m0/s1. The molecule has 0 radical (unpaired) electrons. The Morgan fingerprint density at radius 1 is 1.18 bits per heavy atom. The number of halogens is 1. The molecule has 1 aromatic rings. The normalized spacial score (nSPS) is 29.4. The molecule has 5 rings (SSSR count). The molecule has 0 unspecified atom stereocenters. The van der Waals surface area contributed by atoms with Crippen LogP contribution in [0.15, 0.2) is 28.7 Å². The number of nitrogens with zero attached hydrogens (tertiary/aromatic N) is 2. The molecular weight excluding hydrogens is 501 g/mol. The molecule has 11 nitrogen and oxygen atoms in total. The molecule has 1 fully saturated rings. The zero-order valence-corrected chi connectivity index (χ0v) is 20.8. The molecule has 1 saturated heterocycles. The Hall–Kier alpha value is -3.77. The van der Waals surface area contributed by atoms with Gasteiger partial charge < -0.3 is 31.1 Å². The number of carbonyl (C=O) groups excluding carboxylic acids is 4. The topological polar surface area (TPSA) is 182 Å². The van der Waals surface area contributed by atoms with Crippen LogP contribution in [0.4, 0.5) is 10.1 Å². The van der Waals surface area contributed by atoms with Gasteiger partial charge in [-0.25, -0.2) is 4.39 Å². The van der Waals surface area contributed by atoms with Crippen molar-refractivity contribution < 1.29 is 44.0 Å². The molecule has 0 bridgehead atoms. The highest BCUT2D eigenvalue weighted by Gasteiger charge is 2.63. The summed E-state index contributed by atoms with van der Waals surface area (Å²) in [6.45, 7) is 0.225. The van der Waals surface area contributed by atoms with Crippen LogP contribution < -0.4 is 10.6 Å². The first-order chi connectivity index (χ1) is 17.8. The van der Waals surface area contributed by atoms with Gasteiger partial charge in [-0.3, -0.25) is 24.1 Å². The zero-order valence-electron chi connectivity index (χ0n) is 20.8. The second-order valence-electron chi connectivity index (χ2n) is 10.5. The van der Waals surface area contributed by atoms with Crippen molar-refractivity contribution in [2.45, 2.75) is 43.7 Å². The molecule has 38 heavy (non-hydrogen) atoms. The number of phenols is 1. The van der Waals surface area contributed by atoms with Gasteiger partial charge in [-0.15, -0.1) is 0 Å². The summed E-state index contributed by atoms with van der Waals surface area (Å²) >= 11 is 0. The van der Waals surface area contributed by atoms with Gasteiger partial charge in [0, 0.05) is 36.1 Å². The lowest BCUT2D eigenvalue weighted by atomic mass is 9.58. The number of primary amides is 1. The minimum atomic E-state index is -2.78. The van der Waals surface area contributed by atoms with Crippen LogP contribution in [0.25, 0.3) is 0 Å². The molecule has 12 heteroatoms. The Kier molecular flexibility index (Phi) is 5.88. The third kappa shape index (κ3) is 3.33. The van der Waals surface area contributed by atoms with Crippen LogP contribution in [0.1, 0.15) is 41.6 Å². The highest BCUT2D eigenvalue weighted by Crippen LogP contribution is 2.53. The number of benzene rings is 1. The number of fused-ring (bicyclic) bond motifs is 3. The van der Waals surface area contributed by atoms with E-state index in [-0.39, 0.29) is 43.0 Å². The molecular formula is C26H28FN3O8. The minimum absolute atomic E-state index is 0.117. The first kappa shape index (κ1) is 25.9. The van der Waals surface area contributed by atoms with E-state index in [0.717, 1.165) is 6.07 Å². The van der Waals surface area contributed by atoms with E-state index >= 15 is 4.39 Å². The second-order valence-corrected chi connectivity index (χ2v) is 10.5. The van der Waals surface area contributed by atoms with Gasteiger partial charge in [0.2, 0.25) is 11.7 Å². The Bertz CT molecular complexity index is 1380. The Labute approximate surface area is 216 Å². The van der Waals surface area contributed by atoms with E-state index in [4.69, 9.17) is 5.73 Å². The van der Waals surface area contributed by atoms with Crippen LogP contribution >= 0.6 is 0 Å². The highest BCUT2D eigenvalue weighted by atomic mass is 19.1. The van der Waals surface area contributed by atoms with Gasteiger partial charge in [-0.2, -0.15) is 0 Å². The number of nitrogens with two attached hydrogens (primary N) is 1. The van der Waals surface area contributed by atoms with Gasteiger partial charge in [0.15, 0.2) is 17.1 Å². The van der Waals surface area contributed by atoms with Crippen LogP contribution in [-0.4, -0.2) is 81.0 Å². The van der Waals surface area contributed by atoms with Crippen LogP contribution in [0.5, 0.6) is 5.75 Å². The number of aliphatic hydroxyl groups excluding tert-OH is 2. The second kappa shape index (κ2) is 8.63. The van der Waals surface area contributed by atoms with Crippen molar-refractivity contribution in [1.29, 1.82) is 0 Å². The number of likely N-dealkylation sites (N-methyl/N-ethyl adjacent to an activating group) is 1. The van der Waals surface area contributed by atoms with Gasteiger partial charge in [-0.1, -0.05) is 0 Å². The molecule has 0 spiro atoms. The summed E-state index contributed by atoms with van der Waals surface area (Å²) < 4.78 is 15.4. The largest absolute Gasteiger partial charge is 0.510 e. The maximum atomic E-state index is 15.4. The van der Waals surface area contributed by atoms with Gasteiger partial charge in [-0.05, 0) is 45.7 Å². The molecule has 4 aliphatic rings. The third-order valence-electron chi connectivity index (χ3n) is 8.26. The van der Waals surface area contributed by atoms with E-state index in [9.17, 15) is 39.6 Å². The molecule has 0 aromatic heterocycles. The van der Waals surface area contributed by atoms with Crippen molar-refractivity contribution in [2.75, 3.05) is 25.5 Å². The molecule has 2 amide bonds.